The normalized spacial score (nSPS) is 13.2. The van der Waals surface area contributed by atoms with E-state index in [1.807, 2.05) is 20.8 Å². The number of primary sulfonamides is 1. The van der Waals surface area contributed by atoms with E-state index in [1.54, 1.807) is 0 Å². The highest BCUT2D eigenvalue weighted by molar-refractivity contribution is 7.92. The van der Waals surface area contributed by atoms with Gasteiger partial charge in [0.15, 0.2) is 0 Å². The van der Waals surface area contributed by atoms with Gasteiger partial charge in [-0.1, -0.05) is 32.4 Å². The van der Waals surface area contributed by atoms with Gasteiger partial charge >= 0.3 is 0 Å². The molecule has 0 radical (unpaired) electrons. The first-order chi connectivity index (χ1) is 9.30. The second kappa shape index (κ2) is 6.12. The third-order valence-electron chi connectivity index (χ3n) is 2.66. The Labute approximate surface area is 130 Å². The molecule has 3 N–H and O–H groups in total. The number of anilines is 1. The van der Waals surface area contributed by atoms with E-state index in [1.165, 1.54) is 12.1 Å². The van der Waals surface area contributed by atoms with Crippen LogP contribution in [0.3, 0.4) is 0 Å². The first-order valence-electron chi connectivity index (χ1n) is 6.13. The van der Waals surface area contributed by atoms with Gasteiger partial charge in [0, 0.05) is 0 Å². The van der Waals surface area contributed by atoms with Gasteiger partial charge in [0.2, 0.25) is 20.0 Å². The summed E-state index contributed by atoms with van der Waals surface area (Å²) in [5.41, 5.74) is 0.00808. The van der Waals surface area contributed by atoms with Crippen LogP contribution in [-0.2, 0) is 20.0 Å². The molecule has 9 heteroatoms. The summed E-state index contributed by atoms with van der Waals surface area (Å²) in [6, 6.07) is 3.58. The molecule has 0 heterocycles. The van der Waals surface area contributed by atoms with Crippen molar-refractivity contribution >= 4 is 37.3 Å². The highest BCUT2D eigenvalue weighted by Gasteiger charge is 2.19. The summed E-state index contributed by atoms with van der Waals surface area (Å²) in [5.74, 6) is -0.0518. The van der Waals surface area contributed by atoms with Crippen molar-refractivity contribution in [1.29, 1.82) is 0 Å². The number of nitrogens with one attached hydrogen (secondary N) is 1. The summed E-state index contributed by atoms with van der Waals surface area (Å²) in [5, 5.41) is 4.95. The van der Waals surface area contributed by atoms with Gasteiger partial charge < -0.3 is 0 Å². The highest BCUT2D eigenvalue weighted by Crippen LogP contribution is 2.26. The summed E-state index contributed by atoms with van der Waals surface area (Å²) in [7, 11) is -7.43. The molecule has 1 aromatic rings. The number of benzene rings is 1. The van der Waals surface area contributed by atoms with Gasteiger partial charge in [-0.25, -0.2) is 22.0 Å². The van der Waals surface area contributed by atoms with E-state index < -0.39 is 20.0 Å². The van der Waals surface area contributed by atoms with E-state index in [4.69, 9.17) is 16.7 Å². The van der Waals surface area contributed by atoms with Crippen molar-refractivity contribution in [2.24, 2.45) is 10.6 Å². The number of sulfonamides is 2. The summed E-state index contributed by atoms with van der Waals surface area (Å²) < 4.78 is 48.6. The maximum absolute atomic E-state index is 12.0. The fourth-order valence-corrected chi connectivity index (χ4v) is 3.80. The zero-order chi connectivity index (χ0) is 16.5. The monoisotopic (exact) mass is 354 g/mol. The number of hydrogen-bond donors (Lipinski definition) is 2. The van der Waals surface area contributed by atoms with Crippen LogP contribution < -0.4 is 9.86 Å². The van der Waals surface area contributed by atoms with E-state index in [0.717, 1.165) is 6.07 Å². The average molecular weight is 355 g/mol. The Kier molecular flexibility index (Phi) is 5.31. The lowest BCUT2D eigenvalue weighted by Crippen LogP contribution is -2.21. The SMILES string of the molecule is CC(C)(C)CCS(=O)(=O)Nc1ccc(S(N)(=O)=O)cc1Cl. The van der Waals surface area contributed by atoms with E-state index in [0.29, 0.717) is 6.42 Å². The van der Waals surface area contributed by atoms with Gasteiger partial charge in [-0.2, -0.15) is 0 Å². The number of nitrogens with two attached hydrogens (primary N) is 1. The van der Waals surface area contributed by atoms with Crippen LogP contribution in [0.25, 0.3) is 0 Å². The van der Waals surface area contributed by atoms with E-state index in [-0.39, 0.29) is 26.8 Å². The van der Waals surface area contributed by atoms with E-state index in [2.05, 4.69) is 4.72 Å². The molecule has 1 aromatic carbocycles. The minimum absolute atomic E-state index is 0.0270. The second-order valence-corrected chi connectivity index (χ2v) is 9.73. The maximum atomic E-state index is 12.0. The van der Waals surface area contributed by atoms with Crippen molar-refractivity contribution in [3.05, 3.63) is 23.2 Å². The Bertz CT molecular complexity index is 722. The molecular weight excluding hydrogens is 336 g/mol. The average Bonchev–Trinajstić information content (AvgIpc) is 2.27. The maximum Gasteiger partial charge on any atom is 0.238 e. The van der Waals surface area contributed by atoms with E-state index in [9.17, 15) is 16.8 Å². The number of hydrogen-bond acceptors (Lipinski definition) is 4. The van der Waals surface area contributed by atoms with Crippen LogP contribution in [0.15, 0.2) is 23.1 Å². The predicted octanol–water partition coefficient (Wildman–Crippen LogP) is 2.17. The lowest BCUT2D eigenvalue weighted by Gasteiger charge is -2.18. The second-order valence-electron chi connectivity index (χ2n) is 5.92. The molecule has 120 valence electrons. The van der Waals surface area contributed by atoms with Crippen LogP contribution in [0, 0.1) is 5.41 Å². The number of halogens is 1. The standard InChI is InChI=1S/C12H19ClN2O4S2/c1-12(2,3)6-7-20(16,17)15-11-5-4-9(8-10(11)13)21(14,18)19/h4-5,8,15H,6-7H2,1-3H3,(H2,14,18,19). The molecular formula is C12H19ClN2O4S2. The lowest BCUT2D eigenvalue weighted by atomic mass is 9.94. The minimum atomic E-state index is -3.88. The molecule has 0 saturated carbocycles. The van der Waals surface area contributed by atoms with Crippen molar-refractivity contribution in [1.82, 2.24) is 0 Å². The quantitative estimate of drug-likeness (QED) is 0.844. The molecule has 0 bridgehead atoms. The molecule has 0 fully saturated rings. The predicted molar refractivity (Wildman–Crippen MR) is 84.3 cm³/mol. The zero-order valence-electron chi connectivity index (χ0n) is 12.1. The fraction of sp³-hybridized carbons (Fsp3) is 0.500. The molecule has 0 aromatic heterocycles. The van der Waals surface area contributed by atoms with Crippen molar-refractivity contribution in [2.75, 3.05) is 10.5 Å². The van der Waals surface area contributed by atoms with Crippen molar-refractivity contribution < 1.29 is 16.8 Å². The van der Waals surface area contributed by atoms with Crippen LogP contribution in [0.4, 0.5) is 5.69 Å². The lowest BCUT2D eigenvalue weighted by molar-refractivity contribution is 0.397. The highest BCUT2D eigenvalue weighted by atomic mass is 35.5. The molecule has 1 rings (SSSR count). The Balaban J connectivity index is 2.94. The Morgan fingerprint density at radius 2 is 1.76 bits per heavy atom. The summed E-state index contributed by atoms with van der Waals surface area (Å²) in [4.78, 5) is -0.176. The smallest absolute Gasteiger partial charge is 0.238 e. The van der Waals surface area contributed by atoms with Crippen LogP contribution >= 0.6 is 11.6 Å². The molecule has 6 nitrogen and oxygen atoms in total. The van der Waals surface area contributed by atoms with Crippen LogP contribution in [0.1, 0.15) is 27.2 Å². The fourth-order valence-electron chi connectivity index (χ4n) is 1.41. The third-order valence-corrected chi connectivity index (χ3v) is 5.15. The third kappa shape index (κ3) is 6.21. The van der Waals surface area contributed by atoms with E-state index >= 15 is 0 Å². The van der Waals surface area contributed by atoms with Gasteiger partial charge in [0.25, 0.3) is 0 Å². The largest absolute Gasteiger partial charge is 0.282 e. The molecule has 0 atom stereocenters. The van der Waals surface area contributed by atoms with Crippen molar-refractivity contribution in [2.45, 2.75) is 32.1 Å². The van der Waals surface area contributed by atoms with Crippen molar-refractivity contribution in [3.8, 4) is 0 Å². The molecule has 0 spiro atoms. The topological polar surface area (TPSA) is 106 Å². The van der Waals surface area contributed by atoms with Crippen molar-refractivity contribution in [3.63, 3.8) is 0 Å². The van der Waals surface area contributed by atoms with Crippen LogP contribution in [0.2, 0.25) is 5.02 Å². The minimum Gasteiger partial charge on any atom is -0.282 e. The zero-order valence-corrected chi connectivity index (χ0v) is 14.4. The molecule has 0 saturated heterocycles. The molecule has 0 aliphatic rings. The van der Waals surface area contributed by atoms with Gasteiger partial charge in [0.05, 0.1) is 21.4 Å². The number of rotatable bonds is 5. The summed E-state index contributed by atoms with van der Waals surface area (Å²) >= 11 is 5.88. The van der Waals surface area contributed by atoms with Gasteiger partial charge in [-0.05, 0) is 30.0 Å². The molecule has 0 aliphatic carbocycles. The molecule has 0 unspecified atom stereocenters. The van der Waals surface area contributed by atoms with Crippen LogP contribution in [0.5, 0.6) is 0 Å². The Morgan fingerprint density at radius 3 is 2.19 bits per heavy atom. The van der Waals surface area contributed by atoms with Gasteiger partial charge in [-0.3, -0.25) is 4.72 Å². The van der Waals surface area contributed by atoms with Gasteiger partial charge in [-0.15, -0.1) is 0 Å². The first-order valence-corrected chi connectivity index (χ1v) is 9.71. The summed E-state index contributed by atoms with van der Waals surface area (Å²) in [6.45, 7) is 5.82. The molecule has 21 heavy (non-hydrogen) atoms. The first kappa shape index (κ1) is 18.2. The molecule has 0 amide bonds. The van der Waals surface area contributed by atoms with Gasteiger partial charge in [0.1, 0.15) is 0 Å². The summed E-state index contributed by atoms with van der Waals surface area (Å²) in [6.07, 6.45) is 0.481. The Morgan fingerprint density at radius 1 is 1.19 bits per heavy atom. The molecule has 0 aliphatic heterocycles. The van der Waals surface area contributed by atoms with Crippen LogP contribution in [-0.4, -0.2) is 22.6 Å². The Hall–Kier alpha value is -0.830.